The monoisotopic (exact) mass is 532 g/mol. The number of hydrogen-bond donors (Lipinski definition) is 0. The second-order valence-corrected chi connectivity index (χ2v) is 7.01. The molecule has 0 fully saturated rings. The first-order valence-electron chi connectivity index (χ1n) is 6.74. The van der Waals surface area contributed by atoms with Gasteiger partial charge < -0.3 is 7.43 Å². The maximum absolute atomic E-state index is 9.56. The molecule has 0 spiro atoms. The van der Waals surface area contributed by atoms with Gasteiger partial charge in [-0.1, -0.05) is 23.1 Å². The molecule has 0 bridgehead atoms. The molecule has 23 heavy (non-hydrogen) atoms. The van der Waals surface area contributed by atoms with E-state index in [4.69, 9.17) is 11.6 Å². The van der Waals surface area contributed by atoms with Gasteiger partial charge in [0.1, 0.15) is 0 Å². The Morgan fingerprint density at radius 2 is 1.35 bits per heavy atom. The first-order valence-corrected chi connectivity index (χ1v) is 9.09. The van der Waals surface area contributed by atoms with Crippen LogP contribution >= 0.6 is 11.6 Å². The summed E-state index contributed by atoms with van der Waals surface area (Å²) in [6.07, 6.45) is 3.28. The fourth-order valence-electron chi connectivity index (χ4n) is 1.78. The first-order chi connectivity index (χ1) is 9.68. The van der Waals surface area contributed by atoms with E-state index in [1.54, 1.807) is 18.6 Å². The number of allylic oxidation sites excluding steroid dienone is 4. The van der Waals surface area contributed by atoms with Crippen molar-refractivity contribution in [2.75, 3.05) is 12.5 Å². The molecule has 0 aliphatic heterocycles. The predicted molar refractivity (Wildman–Crippen MR) is 102 cm³/mol. The summed E-state index contributed by atoms with van der Waals surface area (Å²) in [5.41, 5.74) is 5.87. The van der Waals surface area contributed by atoms with Gasteiger partial charge >= 0.3 is 0 Å². The Morgan fingerprint density at radius 1 is 0.957 bits per heavy atom. The summed E-state index contributed by atoms with van der Waals surface area (Å²) < 4.78 is 9.56. The van der Waals surface area contributed by atoms with Gasteiger partial charge in [0, 0.05) is 49.3 Å². The molecule has 2 radical (unpaired) electrons. The molecule has 1 aliphatic rings. The summed E-state index contributed by atoms with van der Waals surface area (Å²) in [7, 11) is -0.611. The van der Waals surface area contributed by atoms with E-state index in [0.29, 0.717) is 0 Å². The van der Waals surface area contributed by atoms with Crippen LogP contribution in [0.3, 0.4) is 0 Å². The van der Waals surface area contributed by atoms with Crippen LogP contribution in [-0.4, -0.2) is 16.7 Å². The smallest absolute Gasteiger partial charge is 0.0226 e. The van der Waals surface area contributed by atoms with Gasteiger partial charge in [0.05, 0.1) is 0 Å². The topological polar surface area (TPSA) is 17.1 Å². The van der Waals surface area contributed by atoms with Crippen LogP contribution in [0.1, 0.15) is 34.6 Å². The number of rotatable bonds is 0. The van der Waals surface area contributed by atoms with Crippen molar-refractivity contribution in [3.63, 3.8) is 0 Å². The Kier molecular flexibility index (Phi) is 17.0. The molecule has 0 amide bonds. The molecule has 1 nitrogen and oxygen atoms in total. The van der Waals surface area contributed by atoms with E-state index in [9.17, 15) is 4.21 Å². The maximum atomic E-state index is 9.56. The van der Waals surface area contributed by atoms with Crippen LogP contribution in [0.5, 0.6) is 0 Å². The third-order valence-electron chi connectivity index (χ3n) is 3.48. The Labute approximate surface area is 164 Å². The van der Waals surface area contributed by atoms with Crippen molar-refractivity contribution in [3.05, 3.63) is 71.0 Å². The van der Waals surface area contributed by atoms with Crippen molar-refractivity contribution in [2.45, 2.75) is 34.6 Å². The number of benzene rings is 1. The Balaban J connectivity index is -0.000000273. The minimum absolute atomic E-state index is 0. The van der Waals surface area contributed by atoms with E-state index in [0.717, 1.165) is 5.02 Å². The zero-order chi connectivity index (χ0) is 16.6. The molecule has 0 saturated carbocycles. The van der Waals surface area contributed by atoms with Crippen molar-refractivity contribution < 1.29 is 24.3 Å². The molecule has 0 N–H and O–H groups in total. The fourth-order valence-corrected chi connectivity index (χ4v) is 1.91. The summed E-state index contributed by atoms with van der Waals surface area (Å²) in [6, 6.07) is 10.0. The SMILES string of the molecule is CS(C)=O.C[C]1C(C)=C(C)C(C)=C1C.Clc1c[c-]ccc1.[CH3-].[Ir]. The van der Waals surface area contributed by atoms with E-state index < -0.39 is 10.8 Å². The summed E-state index contributed by atoms with van der Waals surface area (Å²) in [6.45, 7) is 11.0. The maximum Gasteiger partial charge on any atom is 0.0226 e. The molecule has 0 aromatic heterocycles. The van der Waals surface area contributed by atoms with Crippen LogP contribution in [0.15, 0.2) is 46.6 Å². The van der Waals surface area contributed by atoms with Crippen LogP contribution in [-0.2, 0) is 30.9 Å². The standard InChI is InChI=1S/C10H15.C6H4Cl.C2H6OS.CH3.Ir/c1-6-7(2)9(4)10(5)8(6)3;7-6-4-2-1-3-5-6;1-4(2)3;;/h1-5H3;1-2,4-5H;1-2H3;1H3;/q;-1;;-1;. The van der Waals surface area contributed by atoms with Crippen molar-refractivity contribution in [1.82, 2.24) is 0 Å². The van der Waals surface area contributed by atoms with Crippen LogP contribution in [0.25, 0.3) is 0 Å². The second kappa shape index (κ2) is 14.2. The molecule has 1 aromatic carbocycles. The molecule has 134 valence electrons. The van der Waals surface area contributed by atoms with Crippen molar-refractivity contribution >= 4 is 22.4 Å². The quantitative estimate of drug-likeness (QED) is 0.384. The molecule has 0 saturated heterocycles. The van der Waals surface area contributed by atoms with E-state index in [2.05, 4.69) is 40.7 Å². The van der Waals surface area contributed by atoms with Gasteiger partial charge in [0.25, 0.3) is 0 Å². The molecule has 4 heteroatoms. The molecule has 0 heterocycles. The predicted octanol–water partition coefficient (Wildman–Crippen LogP) is 5.85. The summed E-state index contributed by atoms with van der Waals surface area (Å²) in [5.74, 6) is 1.47. The van der Waals surface area contributed by atoms with Gasteiger partial charge in [0.15, 0.2) is 0 Å². The fraction of sp³-hybridized carbons (Fsp3) is 0.368. The summed E-state index contributed by atoms with van der Waals surface area (Å²) in [4.78, 5) is 0. The summed E-state index contributed by atoms with van der Waals surface area (Å²) >= 11 is 5.51. The zero-order valence-corrected chi connectivity index (χ0v) is 19.3. The molecule has 0 unspecified atom stereocenters. The van der Waals surface area contributed by atoms with Crippen LogP contribution in [0.2, 0.25) is 5.02 Å². The van der Waals surface area contributed by atoms with Gasteiger partial charge in [-0.25, -0.2) is 0 Å². The van der Waals surface area contributed by atoms with Crippen LogP contribution in [0.4, 0.5) is 0 Å². The minimum Gasteiger partial charge on any atom is -0.358 e. The van der Waals surface area contributed by atoms with Gasteiger partial charge in [0.2, 0.25) is 0 Å². The third kappa shape index (κ3) is 11.0. The van der Waals surface area contributed by atoms with Crippen LogP contribution < -0.4 is 0 Å². The average molecular weight is 532 g/mol. The normalized spacial score (nSPS) is 13.4. The van der Waals surface area contributed by atoms with Crippen molar-refractivity contribution in [3.8, 4) is 0 Å². The zero-order valence-electron chi connectivity index (χ0n) is 15.3. The Hall–Kier alpha value is -0.211. The number of halogens is 1. The van der Waals surface area contributed by atoms with E-state index in [-0.39, 0.29) is 27.5 Å². The van der Waals surface area contributed by atoms with Gasteiger partial charge in [-0.15, -0.1) is 0 Å². The van der Waals surface area contributed by atoms with Gasteiger partial charge in [-0.3, -0.25) is 4.21 Å². The van der Waals surface area contributed by atoms with E-state index >= 15 is 0 Å². The van der Waals surface area contributed by atoms with Gasteiger partial charge in [-0.05, 0) is 38.8 Å². The average Bonchev–Trinajstić information content (AvgIpc) is 2.58. The van der Waals surface area contributed by atoms with Crippen molar-refractivity contribution in [1.29, 1.82) is 0 Å². The Morgan fingerprint density at radius 3 is 1.48 bits per heavy atom. The van der Waals surface area contributed by atoms with Crippen LogP contribution in [0, 0.1) is 19.4 Å². The largest absolute Gasteiger partial charge is 0.358 e. The van der Waals surface area contributed by atoms with E-state index in [1.165, 1.54) is 28.2 Å². The molecule has 0 atom stereocenters. The molecule has 1 aromatic rings. The first kappa shape index (κ1) is 27.6. The van der Waals surface area contributed by atoms with E-state index in [1.807, 2.05) is 18.2 Å². The molecule has 1 aliphatic carbocycles. The minimum atomic E-state index is -0.611. The van der Waals surface area contributed by atoms with Gasteiger partial charge in [-0.2, -0.15) is 41.9 Å². The summed E-state index contributed by atoms with van der Waals surface area (Å²) in [5, 5.41) is 0.738. The third-order valence-corrected chi connectivity index (χ3v) is 3.72. The van der Waals surface area contributed by atoms with Crippen molar-refractivity contribution in [2.24, 2.45) is 0 Å². The second-order valence-electron chi connectivity index (χ2n) is 5.09. The Bertz CT molecular complexity index is 508. The number of hydrogen-bond acceptors (Lipinski definition) is 1. The molecular formula is C19H28ClIrOS-2. The molecule has 2 rings (SSSR count). The molecular weight excluding hydrogens is 504 g/mol.